The molecular weight excluding hydrogens is 405 g/mol. The summed E-state index contributed by atoms with van der Waals surface area (Å²) in [5, 5.41) is 2.70. The van der Waals surface area contributed by atoms with Gasteiger partial charge in [0.15, 0.2) is 0 Å². The number of nitrogens with zero attached hydrogens (tertiary/aromatic N) is 2. The van der Waals surface area contributed by atoms with E-state index in [1.54, 1.807) is 12.3 Å². The Labute approximate surface area is 177 Å². The monoisotopic (exact) mass is 426 g/mol. The zero-order chi connectivity index (χ0) is 22.0. The minimum absolute atomic E-state index is 0.0160. The van der Waals surface area contributed by atoms with Gasteiger partial charge < -0.3 is 16.0 Å². The van der Waals surface area contributed by atoms with Gasteiger partial charge in [0, 0.05) is 30.9 Å². The molecule has 8 heteroatoms. The molecule has 1 aromatic heterocycles. The standard InChI is InChI=1S/C23H21F3N4O/c24-17-7-2-8-18(25)21(17)15-5-1-6-16(22(15)26)23(31)29-19-9-10-28-12-20(19)30-11-3-4-14(27)13-30/h1-2,5-10,12,14H,3-4,11,13,27H2,(H,28,29,31)/t14-/m0/s1. The molecule has 1 aliphatic heterocycles. The van der Waals surface area contributed by atoms with Crippen molar-refractivity contribution in [2.45, 2.75) is 18.9 Å². The topological polar surface area (TPSA) is 71.2 Å². The molecule has 2 aromatic carbocycles. The Kier molecular flexibility index (Phi) is 5.90. The third-order valence-corrected chi connectivity index (χ3v) is 5.32. The molecule has 1 saturated heterocycles. The van der Waals surface area contributed by atoms with Gasteiger partial charge in [-0.15, -0.1) is 0 Å². The number of anilines is 2. The number of amides is 1. The molecule has 160 valence electrons. The van der Waals surface area contributed by atoms with Gasteiger partial charge in [-0.3, -0.25) is 9.78 Å². The molecule has 31 heavy (non-hydrogen) atoms. The van der Waals surface area contributed by atoms with Crippen LogP contribution in [-0.2, 0) is 0 Å². The van der Waals surface area contributed by atoms with Crippen LogP contribution >= 0.6 is 0 Å². The van der Waals surface area contributed by atoms with Crippen LogP contribution in [0, 0.1) is 17.5 Å². The maximum Gasteiger partial charge on any atom is 0.258 e. The predicted molar refractivity (Wildman–Crippen MR) is 113 cm³/mol. The Morgan fingerprint density at radius 1 is 1.10 bits per heavy atom. The SMILES string of the molecule is N[C@H]1CCCN(c2cnccc2NC(=O)c2cccc(-c3c(F)cccc3F)c2F)C1. The van der Waals surface area contributed by atoms with Crippen molar-refractivity contribution in [3.05, 3.63) is 77.9 Å². The number of carbonyl (C=O) groups excluding carboxylic acids is 1. The van der Waals surface area contributed by atoms with E-state index in [2.05, 4.69) is 10.3 Å². The van der Waals surface area contributed by atoms with Crippen LogP contribution in [0.2, 0.25) is 0 Å². The van der Waals surface area contributed by atoms with Crippen molar-refractivity contribution in [2.75, 3.05) is 23.3 Å². The Morgan fingerprint density at radius 3 is 2.58 bits per heavy atom. The zero-order valence-corrected chi connectivity index (χ0v) is 16.6. The summed E-state index contributed by atoms with van der Waals surface area (Å²) in [6.07, 6.45) is 4.97. The predicted octanol–water partition coefficient (Wildman–Crippen LogP) is 4.35. The van der Waals surface area contributed by atoms with Crippen molar-refractivity contribution in [1.29, 1.82) is 0 Å². The minimum Gasteiger partial charge on any atom is -0.367 e. The molecular formula is C23H21F3N4O. The van der Waals surface area contributed by atoms with Gasteiger partial charge in [0.1, 0.15) is 17.5 Å². The van der Waals surface area contributed by atoms with Crippen LogP contribution in [0.5, 0.6) is 0 Å². The number of benzene rings is 2. The first-order chi connectivity index (χ1) is 15.0. The highest BCUT2D eigenvalue weighted by molar-refractivity contribution is 6.06. The minimum atomic E-state index is -1.00. The number of hydrogen-bond donors (Lipinski definition) is 2. The molecule has 3 N–H and O–H groups in total. The summed E-state index contributed by atoms with van der Waals surface area (Å²) in [6, 6.07) is 8.80. The first kappa shape index (κ1) is 20.9. The molecule has 0 bridgehead atoms. The quantitative estimate of drug-likeness (QED) is 0.651. The van der Waals surface area contributed by atoms with Gasteiger partial charge in [-0.2, -0.15) is 0 Å². The van der Waals surface area contributed by atoms with E-state index in [9.17, 15) is 13.6 Å². The van der Waals surface area contributed by atoms with Crippen LogP contribution in [0.25, 0.3) is 11.1 Å². The van der Waals surface area contributed by atoms with Crippen molar-refractivity contribution in [1.82, 2.24) is 4.98 Å². The van der Waals surface area contributed by atoms with E-state index in [0.29, 0.717) is 17.9 Å². The normalized spacial score (nSPS) is 16.3. The van der Waals surface area contributed by atoms with Crippen LogP contribution in [0.4, 0.5) is 24.5 Å². The third-order valence-electron chi connectivity index (χ3n) is 5.32. The number of pyridine rings is 1. The fourth-order valence-electron chi connectivity index (χ4n) is 3.82. The van der Waals surface area contributed by atoms with Crippen LogP contribution < -0.4 is 16.0 Å². The van der Waals surface area contributed by atoms with E-state index < -0.39 is 28.9 Å². The van der Waals surface area contributed by atoms with E-state index in [-0.39, 0.29) is 17.2 Å². The van der Waals surface area contributed by atoms with E-state index in [1.807, 2.05) is 4.90 Å². The number of halogens is 3. The van der Waals surface area contributed by atoms with Crippen molar-refractivity contribution in [3.63, 3.8) is 0 Å². The fourth-order valence-corrected chi connectivity index (χ4v) is 3.82. The summed E-state index contributed by atoms with van der Waals surface area (Å²) in [5.41, 5.74) is 6.05. The second-order valence-corrected chi connectivity index (χ2v) is 7.46. The summed E-state index contributed by atoms with van der Waals surface area (Å²) >= 11 is 0. The second kappa shape index (κ2) is 8.77. The summed E-state index contributed by atoms with van der Waals surface area (Å²) in [4.78, 5) is 19.0. The first-order valence-electron chi connectivity index (χ1n) is 9.94. The van der Waals surface area contributed by atoms with Crippen molar-refractivity contribution in [2.24, 2.45) is 5.73 Å². The van der Waals surface area contributed by atoms with Gasteiger partial charge in [0.05, 0.1) is 28.7 Å². The lowest BCUT2D eigenvalue weighted by atomic mass is 10.0. The molecule has 1 aliphatic rings. The second-order valence-electron chi connectivity index (χ2n) is 7.46. The number of carbonyl (C=O) groups is 1. The van der Waals surface area contributed by atoms with E-state index in [1.165, 1.54) is 30.5 Å². The van der Waals surface area contributed by atoms with Crippen molar-refractivity contribution >= 4 is 17.3 Å². The lowest BCUT2D eigenvalue weighted by molar-refractivity contribution is 0.102. The fraction of sp³-hybridized carbons (Fsp3) is 0.217. The molecule has 2 heterocycles. The summed E-state index contributed by atoms with van der Waals surface area (Å²) < 4.78 is 43.5. The van der Waals surface area contributed by atoms with Crippen LogP contribution in [0.3, 0.4) is 0 Å². The number of rotatable bonds is 4. The molecule has 0 saturated carbocycles. The average Bonchev–Trinajstić information content (AvgIpc) is 2.75. The summed E-state index contributed by atoms with van der Waals surface area (Å²) in [6.45, 7) is 1.38. The molecule has 0 radical (unpaired) electrons. The smallest absolute Gasteiger partial charge is 0.258 e. The number of hydrogen-bond acceptors (Lipinski definition) is 4. The van der Waals surface area contributed by atoms with Crippen LogP contribution in [0.15, 0.2) is 54.9 Å². The Bertz CT molecular complexity index is 1100. The highest BCUT2D eigenvalue weighted by Gasteiger charge is 2.23. The van der Waals surface area contributed by atoms with Gasteiger partial charge in [0.25, 0.3) is 5.91 Å². The summed E-state index contributed by atoms with van der Waals surface area (Å²) in [5.74, 6) is -3.55. The van der Waals surface area contributed by atoms with Gasteiger partial charge in [0.2, 0.25) is 0 Å². The van der Waals surface area contributed by atoms with Gasteiger partial charge >= 0.3 is 0 Å². The molecule has 5 nitrogen and oxygen atoms in total. The van der Waals surface area contributed by atoms with Gasteiger partial charge in [-0.1, -0.05) is 18.2 Å². The van der Waals surface area contributed by atoms with Gasteiger partial charge in [-0.25, -0.2) is 13.2 Å². The largest absolute Gasteiger partial charge is 0.367 e. The number of nitrogens with one attached hydrogen (secondary N) is 1. The molecule has 1 atom stereocenters. The van der Waals surface area contributed by atoms with Gasteiger partial charge in [-0.05, 0) is 37.1 Å². The maximum absolute atomic E-state index is 15.1. The highest BCUT2D eigenvalue weighted by Crippen LogP contribution is 2.31. The van der Waals surface area contributed by atoms with E-state index in [0.717, 1.165) is 31.5 Å². The molecule has 3 aromatic rings. The average molecular weight is 426 g/mol. The number of aromatic nitrogens is 1. The van der Waals surface area contributed by atoms with E-state index >= 15 is 4.39 Å². The lowest BCUT2D eigenvalue weighted by Crippen LogP contribution is -2.43. The molecule has 0 spiro atoms. The number of piperidine rings is 1. The van der Waals surface area contributed by atoms with Crippen molar-refractivity contribution in [3.8, 4) is 11.1 Å². The molecule has 0 unspecified atom stereocenters. The molecule has 4 rings (SSSR count). The Balaban J connectivity index is 1.65. The van der Waals surface area contributed by atoms with Crippen LogP contribution in [0.1, 0.15) is 23.2 Å². The third kappa shape index (κ3) is 4.25. The Morgan fingerprint density at radius 2 is 1.84 bits per heavy atom. The molecule has 0 aliphatic carbocycles. The molecule has 1 amide bonds. The van der Waals surface area contributed by atoms with Crippen molar-refractivity contribution < 1.29 is 18.0 Å². The van der Waals surface area contributed by atoms with Crippen LogP contribution in [-0.4, -0.2) is 30.0 Å². The maximum atomic E-state index is 15.1. The molecule has 1 fully saturated rings. The highest BCUT2D eigenvalue weighted by atomic mass is 19.1. The number of nitrogens with two attached hydrogens (primary N) is 1. The Hall–Kier alpha value is -3.39. The summed E-state index contributed by atoms with van der Waals surface area (Å²) in [7, 11) is 0. The first-order valence-corrected chi connectivity index (χ1v) is 9.94. The zero-order valence-electron chi connectivity index (χ0n) is 16.6. The lowest BCUT2D eigenvalue weighted by Gasteiger charge is -2.33. The van der Waals surface area contributed by atoms with E-state index in [4.69, 9.17) is 5.73 Å².